The van der Waals surface area contributed by atoms with E-state index in [2.05, 4.69) is 37.2 Å². The van der Waals surface area contributed by atoms with E-state index in [1.165, 1.54) is 13.2 Å². The van der Waals surface area contributed by atoms with Gasteiger partial charge in [0.05, 0.1) is 11.6 Å². The van der Waals surface area contributed by atoms with Crippen LogP contribution in [0.5, 0.6) is 17.2 Å². The molecule has 0 aliphatic carbocycles. The van der Waals surface area contributed by atoms with Crippen molar-refractivity contribution in [1.82, 2.24) is 0 Å². The number of benzene rings is 4. The Morgan fingerprint density at radius 3 is 2.17 bits per heavy atom. The highest BCUT2D eigenvalue weighted by Gasteiger charge is 2.15. The van der Waals surface area contributed by atoms with Crippen molar-refractivity contribution in [3.8, 4) is 23.3 Å². The number of methoxy groups -OCH3 is 1. The van der Waals surface area contributed by atoms with Gasteiger partial charge in [-0.15, -0.1) is 0 Å². The summed E-state index contributed by atoms with van der Waals surface area (Å²) >= 11 is 12.9. The predicted octanol–water partition coefficient (Wildman–Crippen LogP) is 8.58. The standard InChI is InChI=1S/C31H23Br2ClN2O4/c1-38-29-16-22(15-28(33)30(29)40-19-21-4-8-25(34)9-5-21)14-23(17-35)31(37)36-26-10-12-27(13-11-26)39-18-20-2-6-24(32)7-3-20/h2-16H,18-19H2,1H3,(H,36,37)/b23-14+. The smallest absolute Gasteiger partial charge is 0.266 e. The number of nitriles is 1. The zero-order valence-electron chi connectivity index (χ0n) is 21.3. The Morgan fingerprint density at radius 1 is 0.925 bits per heavy atom. The summed E-state index contributed by atoms with van der Waals surface area (Å²) in [6.45, 7) is 0.728. The van der Waals surface area contributed by atoms with Crippen LogP contribution >= 0.6 is 43.5 Å². The number of hydrogen-bond acceptors (Lipinski definition) is 5. The SMILES string of the molecule is COc1cc(/C=C(\C#N)C(=O)Nc2ccc(OCc3ccc(Br)cc3)cc2)cc(Br)c1OCc1ccc(Cl)cc1. The minimum absolute atomic E-state index is 0.0700. The summed E-state index contributed by atoms with van der Waals surface area (Å²) in [5, 5.41) is 13.1. The molecule has 6 nitrogen and oxygen atoms in total. The lowest BCUT2D eigenvalue weighted by molar-refractivity contribution is -0.112. The van der Waals surface area contributed by atoms with E-state index < -0.39 is 5.91 Å². The topological polar surface area (TPSA) is 80.6 Å². The second-order valence-electron chi connectivity index (χ2n) is 8.51. The van der Waals surface area contributed by atoms with E-state index in [0.717, 1.165) is 15.6 Å². The molecule has 0 radical (unpaired) electrons. The summed E-state index contributed by atoms with van der Waals surface area (Å²) in [5.74, 6) is 1.07. The number of carbonyl (C=O) groups is 1. The lowest BCUT2D eigenvalue weighted by Gasteiger charge is -2.14. The quantitative estimate of drug-likeness (QED) is 0.134. The van der Waals surface area contributed by atoms with Crippen molar-refractivity contribution in [3.05, 3.63) is 121 Å². The normalized spacial score (nSPS) is 10.9. The molecule has 0 saturated heterocycles. The van der Waals surface area contributed by atoms with Gasteiger partial charge in [0.1, 0.15) is 30.6 Å². The number of rotatable bonds is 10. The lowest BCUT2D eigenvalue weighted by Crippen LogP contribution is -2.13. The number of nitrogens with zero attached hydrogens (tertiary/aromatic N) is 1. The molecule has 0 bridgehead atoms. The van der Waals surface area contributed by atoms with Crippen molar-refractivity contribution in [1.29, 1.82) is 5.26 Å². The first kappa shape index (κ1) is 29.2. The zero-order chi connectivity index (χ0) is 28.5. The second kappa shape index (κ2) is 14.0. The molecule has 0 aromatic heterocycles. The molecular weight excluding hydrogens is 660 g/mol. The first-order valence-electron chi connectivity index (χ1n) is 12.0. The number of halogens is 3. The largest absolute Gasteiger partial charge is 0.493 e. The molecule has 202 valence electrons. The van der Waals surface area contributed by atoms with Crippen LogP contribution in [-0.2, 0) is 18.0 Å². The van der Waals surface area contributed by atoms with Crippen molar-refractivity contribution in [2.24, 2.45) is 0 Å². The van der Waals surface area contributed by atoms with E-state index in [-0.39, 0.29) is 5.57 Å². The van der Waals surface area contributed by atoms with E-state index in [1.54, 1.807) is 48.5 Å². The number of carbonyl (C=O) groups excluding carboxylic acids is 1. The maximum Gasteiger partial charge on any atom is 0.266 e. The molecule has 4 rings (SSSR count). The fourth-order valence-electron chi connectivity index (χ4n) is 3.59. The van der Waals surface area contributed by atoms with Crippen LogP contribution in [-0.4, -0.2) is 13.0 Å². The summed E-state index contributed by atoms with van der Waals surface area (Å²) in [5.41, 5.74) is 3.03. The third-order valence-corrected chi connectivity index (χ3v) is 7.02. The Bertz CT molecular complexity index is 1550. The maximum atomic E-state index is 12.8. The van der Waals surface area contributed by atoms with Gasteiger partial charge in [-0.3, -0.25) is 4.79 Å². The number of hydrogen-bond donors (Lipinski definition) is 1. The van der Waals surface area contributed by atoms with E-state index in [9.17, 15) is 10.1 Å². The molecule has 0 spiro atoms. The van der Waals surface area contributed by atoms with Crippen molar-refractivity contribution in [3.63, 3.8) is 0 Å². The monoisotopic (exact) mass is 680 g/mol. The Labute approximate surface area is 254 Å². The van der Waals surface area contributed by atoms with Crippen LogP contribution < -0.4 is 19.5 Å². The summed E-state index contributed by atoms with van der Waals surface area (Å²) in [7, 11) is 1.52. The summed E-state index contributed by atoms with van der Waals surface area (Å²) < 4.78 is 18.9. The molecule has 0 fully saturated rings. The molecular formula is C31H23Br2ClN2O4. The molecule has 4 aromatic rings. The minimum Gasteiger partial charge on any atom is -0.493 e. The molecule has 1 amide bonds. The molecule has 0 heterocycles. The molecule has 0 atom stereocenters. The molecule has 4 aromatic carbocycles. The fourth-order valence-corrected chi connectivity index (χ4v) is 4.56. The van der Waals surface area contributed by atoms with Gasteiger partial charge in [-0.2, -0.15) is 5.26 Å². The Balaban J connectivity index is 1.41. The third kappa shape index (κ3) is 8.12. The Hall–Kier alpha value is -3.77. The van der Waals surface area contributed by atoms with Gasteiger partial charge in [0, 0.05) is 15.2 Å². The summed E-state index contributed by atoms with van der Waals surface area (Å²) in [6, 6.07) is 27.6. The van der Waals surface area contributed by atoms with Crippen molar-refractivity contribution >= 4 is 61.1 Å². The van der Waals surface area contributed by atoms with Crippen molar-refractivity contribution in [2.75, 3.05) is 12.4 Å². The third-order valence-electron chi connectivity index (χ3n) is 5.66. The zero-order valence-corrected chi connectivity index (χ0v) is 25.2. The van der Waals surface area contributed by atoms with E-state index in [1.807, 2.05) is 42.5 Å². The number of nitrogens with one attached hydrogen (secondary N) is 1. The van der Waals surface area contributed by atoms with E-state index in [0.29, 0.717) is 51.2 Å². The van der Waals surface area contributed by atoms with Gasteiger partial charge < -0.3 is 19.5 Å². The van der Waals surface area contributed by atoms with E-state index in [4.69, 9.17) is 25.8 Å². The maximum absolute atomic E-state index is 12.8. The van der Waals surface area contributed by atoms with Gasteiger partial charge in [0.2, 0.25) is 0 Å². The van der Waals surface area contributed by atoms with Gasteiger partial charge >= 0.3 is 0 Å². The molecule has 1 N–H and O–H groups in total. The van der Waals surface area contributed by atoms with Crippen molar-refractivity contribution in [2.45, 2.75) is 13.2 Å². The molecule has 0 aliphatic heterocycles. The van der Waals surface area contributed by atoms with Gasteiger partial charge in [-0.1, -0.05) is 51.8 Å². The Morgan fingerprint density at radius 2 is 1.55 bits per heavy atom. The molecule has 0 saturated carbocycles. The molecule has 0 unspecified atom stereocenters. The van der Waals surface area contributed by atoms with Crippen LogP contribution in [0.4, 0.5) is 5.69 Å². The number of amides is 1. The first-order valence-corrected chi connectivity index (χ1v) is 14.0. The second-order valence-corrected chi connectivity index (χ2v) is 10.7. The van der Waals surface area contributed by atoms with Crippen LogP contribution in [0, 0.1) is 11.3 Å². The van der Waals surface area contributed by atoms with Gasteiger partial charge in [0.25, 0.3) is 5.91 Å². The van der Waals surface area contributed by atoms with Crippen LogP contribution in [0.3, 0.4) is 0 Å². The van der Waals surface area contributed by atoms with Crippen LogP contribution in [0.15, 0.2) is 99.4 Å². The average molecular weight is 683 g/mol. The Kier molecular flexibility index (Phi) is 10.3. The minimum atomic E-state index is -0.538. The highest BCUT2D eigenvalue weighted by atomic mass is 79.9. The van der Waals surface area contributed by atoms with Gasteiger partial charge in [-0.05, 0) is 99.4 Å². The molecule has 9 heteroatoms. The lowest BCUT2D eigenvalue weighted by atomic mass is 10.1. The fraction of sp³-hybridized carbons (Fsp3) is 0.0968. The molecule has 40 heavy (non-hydrogen) atoms. The molecule has 0 aliphatic rings. The van der Waals surface area contributed by atoms with Crippen molar-refractivity contribution < 1.29 is 19.0 Å². The number of anilines is 1. The van der Waals surface area contributed by atoms with Crippen LogP contribution in [0.2, 0.25) is 5.02 Å². The van der Waals surface area contributed by atoms with Crippen LogP contribution in [0.25, 0.3) is 6.08 Å². The predicted molar refractivity (Wildman–Crippen MR) is 164 cm³/mol. The summed E-state index contributed by atoms with van der Waals surface area (Å²) in [6.07, 6.45) is 1.49. The van der Waals surface area contributed by atoms with Gasteiger partial charge in [-0.25, -0.2) is 0 Å². The number of ether oxygens (including phenoxy) is 3. The highest BCUT2D eigenvalue weighted by Crippen LogP contribution is 2.38. The van der Waals surface area contributed by atoms with Crippen LogP contribution in [0.1, 0.15) is 16.7 Å². The van der Waals surface area contributed by atoms with E-state index >= 15 is 0 Å². The van der Waals surface area contributed by atoms with Gasteiger partial charge in [0.15, 0.2) is 11.5 Å². The average Bonchev–Trinajstić information content (AvgIpc) is 2.96. The highest BCUT2D eigenvalue weighted by molar-refractivity contribution is 9.10. The first-order chi connectivity index (χ1) is 19.3. The summed E-state index contributed by atoms with van der Waals surface area (Å²) in [4.78, 5) is 12.8.